The zero-order chi connectivity index (χ0) is 18.5. The Morgan fingerprint density at radius 2 is 1.85 bits per heavy atom. The maximum atomic E-state index is 12.5. The van der Waals surface area contributed by atoms with E-state index < -0.39 is 12.6 Å². The van der Waals surface area contributed by atoms with E-state index in [0.717, 1.165) is 6.42 Å². The van der Waals surface area contributed by atoms with Crippen molar-refractivity contribution >= 4 is 17.6 Å². The number of ether oxygens (including phenoxy) is 2. The number of nitrogens with zero attached hydrogens (tertiary/aromatic N) is 1. The van der Waals surface area contributed by atoms with Gasteiger partial charge in [-0.2, -0.15) is 8.78 Å². The number of para-hydroxylation sites is 2. The minimum absolute atomic E-state index is 0.0408. The van der Waals surface area contributed by atoms with Crippen molar-refractivity contribution in [3.05, 3.63) is 59.7 Å². The molecule has 0 aromatic heterocycles. The van der Waals surface area contributed by atoms with E-state index in [2.05, 4.69) is 4.74 Å². The van der Waals surface area contributed by atoms with E-state index in [1.165, 1.54) is 6.07 Å². The van der Waals surface area contributed by atoms with Gasteiger partial charge >= 0.3 is 12.6 Å². The molecule has 1 saturated heterocycles. The smallest absolute Gasteiger partial charge is 0.387 e. The summed E-state index contributed by atoms with van der Waals surface area (Å²) in [6, 6.07) is 12.8. The number of amides is 1. The first-order chi connectivity index (χ1) is 12.6. The number of esters is 1. The summed E-state index contributed by atoms with van der Waals surface area (Å²) in [5.74, 6) is -0.716. The fraction of sp³-hybridized carbons (Fsp3) is 0.263. The van der Waals surface area contributed by atoms with Gasteiger partial charge in [-0.25, -0.2) is 4.79 Å². The largest absolute Gasteiger partial charge is 0.457 e. The third-order valence-electron chi connectivity index (χ3n) is 4.04. The lowest BCUT2D eigenvalue weighted by atomic mass is 10.1. The summed E-state index contributed by atoms with van der Waals surface area (Å²) in [4.78, 5) is 26.0. The number of hydrogen-bond acceptors (Lipinski definition) is 4. The molecule has 1 heterocycles. The number of anilines is 1. The molecular weight excluding hydrogens is 344 g/mol. The summed E-state index contributed by atoms with van der Waals surface area (Å²) in [6.07, 6.45) is 1.18. The number of benzene rings is 2. The van der Waals surface area contributed by atoms with Crippen molar-refractivity contribution in [2.45, 2.75) is 26.1 Å². The molecule has 1 aliphatic heterocycles. The van der Waals surface area contributed by atoms with Crippen LogP contribution in [0.3, 0.4) is 0 Å². The van der Waals surface area contributed by atoms with E-state index in [1.807, 2.05) is 0 Å². The van der Waals surface area contributed by atoms with Crippen molar-refractivity contribution < 1.29 is 27.8 Å². The Morgan fingerprint density at radius 3 is 2.58 bits per heavy atom. The summed E-state index contributed by atoms with van der Waals surface area (Å²) in [5.41, 5.74) is 1.09. The summed E-state index contributed by atoms with van der Waals surface area (Å²) in [5, 5.41) is 0. The molecule has 0 aliphatic carbocycles. The van der Waals surface area contributed by atoms with Gasteiger partial charge in [-0.3, -0.25) is 4.79 Å². The lowest BCUT2D eigenvalue weighted by Crippen LogP contribution is -2.26. The summed E-state index contributed by atoms with van der Waals surface area (Å²) < 4.78 is 34.6. The van der Waals surface area contributed by atoms with Crippen molar-refractivity contribution in [2.24, 2.45) is 0 Å². The van der Waals surface area contributed by atoms with Crippen LogP contribution in [0.2, 0.25) is 0 Å². The predicted octanol–water partition coefficient (Wildman–Crippen LogP) is 3.77. The quantitative estimate of drug-likeness (QED) is 0.735. The predicted molar refractivity (Wildman–Crippen MR) is 90.2 cm³/mol. The van der Waals surface area contributed by atoms with Gasteiger partial charge < -0.3 is 14.4 Å². The molecule has 7 heteroatoms. The van der Waals surface area contributed by atoms with Gasteiger partial charge in [0.2, 0.25) is 5.91 Å². The molecule has 0 unspecified atom stereocenters. The molecule has 0 saturated carbocycles. The third-order valence-corrected chi connectivity index (χ3v) is 4.04. The molecule has 3 rings (SSSR count). The van der Waals surface area contributed by atoms with Crippen LogP contribution < -0.4 is 9.64 Å². The molecule has 0 spiro atoms. The van der Waals surface area contributed by atoms with Gasteiger partial charge in [-0.1, -0.05) is 30.3 Å². The Bertz CT molecular complexity index is 810. The van der Waals surface area contributed by atoms with Crippen LogP contribution in [0.15, 0.2) is 48.5 Å². The second kappa shape index (κ2) is 7.95. The fourth-order valence-electron chi connectivity index (χ4n) is 2.84. The Hall–Kier alpha value is -2.96. The standard InChI is InChI=1S/C19H17F2NO4/c20-19(21)26-16-9-4-1-6-13(16)12-25-18(24)14-7-2-3-8-15(14)22-11-5-10-17(22)23/h1-4,6-9,19H,5,10-12H2. The van der Waals surface area contributed by atoms with Crippen molar-refractivity contribution in [2.75, 3.05) is 11.4 Å². The first-order valence-electron chi connectivity index (χ1n) is 8.15. The molecule has 136 valence electrons. The topological polar surface area (TPSA) is 55.8 Å². The molecule has 0 radical (unpaired) electrons. The first-order valence-corrected chi connectivity index (χ1v) is 8.15. The summed E-state index contributed by atoms with van der Waals surface area (Å²) >= 11 is 0. The second-order valence-corrected chi connectivity index (χ2v) is 5.73. The van der Waals surface area contributed by atoms with E-state index in [9.17, 15) is 18.4 Å². The molecule has 0 N–H and O–H groups in total. The minimum atomic E-state index is -2.96. The maximum absolute atomic E-state index is 12.5. The van der Waals surface area contributed by atoms with E-state index in [1.54, 1.807) is 47.4 Å². The van der Waals surface area contributed by atoms with E-state index >= 15 is 0 Å². The van der Waals surface area contributed by atoms with Crippen LogP contribution in [0.5, 0.6) is 5.75 Å². The van der Waals surface area contributed by atoms with Gasteiger partial charge in [-0.05, 0) is 24.6 Å². The maximum Gasteiger partial charge on any atom is 0.387 e. The number of halogens is 2. The zero-order valence-corrected chi connectivity index (χ0v) is 13.9. The molecular formula is C19H17F2NO4. The SMILES string of the molecule is O=C(OCc1ccccc1OC(F)F)c1ccccc1N1CCCC1=O. The number of hydrogen-bond donors (Lipinski definition) is 0. The van der Waals surface area contributed by atoms with Gasteiger partial charge in [0.1, 0.15) is 12.4 Å². The van der Waals surface area contributed by atoms with Gasteiger partial charge in [0, 0.05) is 18.5 Å². The van der Waals surface area contributed by atoms with Crippen LogP contribution in [0.1, 0.15) is 28.8 Å². The van der Waals surface area contributed by atoms with Crippen LogP contribution in [-0.4, -0.2) is 25.0 Å². The third kappa shape index (κ3) is 3.99. The normalized spacial score (nSPS) is 14.0. The average Bonchev–Trinajstić information content (AvgIpc) is 3.06. The Balaban J connectivity index is 1.75. The summed E-state index contributed by atoms with van der Waals surface area (Å²) in [7, 11) is 0. The Labute approximate surface area is 149 Å². The second-order valence-electron chi connectivity index (χ2n) is 5.73. The van der Waals surface area contributed by atoms with Crippen molar-refractivity contribution in [1.82, 2.24) is 0 Å². The molecule has 1 amide bonds. The molecule has 0 bridgehead atoms. The minimum Gasteiger partial charge on any atom is -0.457 e. The monoisotopic (exact) mass is 361 g/mol. The van der Waals surface area contributed by atoms with Crippen LogP contribution in [0.4, 0.5) is 14.5 Å². The van der Waals surface area contributed by atoms with Crippen LogP contribution in [0.25, 0.3) is 0 Å². The van der Waals surface area contributed by atoms with Crippen LogP contribution in [0, 0.1) is 0 Å². The van der Waals surface area contributed by atoms with Gasteiger partial charge in [0.05, 0.1) is 11.3 Å². The number of rotatable bonds is 6. The van der Waals surface area contributed by atoms with Crippen LogP contribution in [-0.2, 0) is 16.1 Å². The lowest BCUT2D eigenvalue weighted by molar-refractivity contribution is -0.117. The molecule has 1 fully saturated rings. The zero-order valence-electron chi connectivity index (χ0n) is 13.9. The van der Waals surface area contributed by atoms with Gasteiger partial charge in [0.15, 0.2) is 0 Å². The van der Waals surface area contributed by atoms with Crippen molar-refractivity contribution in [3.8, 4) is 5.75 Å². The van der Waals surface area contributed by atoms with Crippen molar-refractivity contribution in [1.29, 1.82) is 0 Å². The number of alkyl halides is 2. The molecule has 2 aromatic carbocycles. The molecule has 26 heavy (non-hydrogen) atoms. The van der Waals surface area contributed by atoms with E-state index in [-0.39, 0.29) is 23.8 Å². The van der Waals surface area contributed by atoms with Gasteiger partial charge in [-0.15, -0.1) is 0 Å². The molecule has 0 atom stereocenters. The summed E-state index contributed by atoms with van der Waals surface area (Å²) in [6.45, 7) is -2.63. The van der Waals surface area contributed by atoms with Crippen molar-refractivity contribution in [3.63, 3.8) is 0 Å². The first kappa shape index (κ1) is 17.8. The highest BCUT2D eigenvalue weighted by molar-refractivity contribution is 6.03. The molecule has 2 aromatic rings. The highest BCUT2D eigenvalue weighted by Gasteiger charge is 2.26. The van der Waals surface area contributed by atoms with E-state index in [0.29, 0.717) is 24.2 Å². The highest BCUT2D eigenvalue weighted by atomic mass is 19.3. The Kier molecular flexibility index (Phi) is 5.46. The highest BCUT2D eigenvalue weighted by Crippen LogP contribution is 2.27. The molecule has 5 nitrogen and oxygen atoms in total. The lowest BCUT2D eigenvalue weighted by Gasteiger charge is -2.19. The van der Waals surface area contributed by atoms with Crippen LogP contribution >= 0.6 is 0 Å². The van der Waals surface area contributed by atoms with Gasteiger partial charge in [0.25, 0.3) is 0 Å². The number of carbonyl (C=O) groups is 2. The fourth-order valence-corrected chi connectivity index (χ4v) is 2.84. The van der Waals surface area contributed by atoms with E-state index in [4.69, 9.17) is 4.74 Å². The molecule has 1 aliphatic rings. The Morgan fingerprint density at radius 1 is 1.12 bits per heavy atom. The average molecular weight is 361 g/mol. The number of carbonyl (C=O) groups excluding carboxylic acids is 2.